The molecule has 2 aromatic rings. The van der Waals surface area contributed by atoms with Crippen LogP contribution in [-0.2, 0) is 16.0 Å². The Balaban J connectivity index is 2.13. The molecule has 120 valence electrons. The van der Waals surface area contributed by atoms with E-state index in [0.29, 0.717) is 17.2 Å². The van der Waals surface area contributed by atoms with E-state index in [0.717, 1.165) is 10.6 Å². The normalized spacial score (nSPS) is 11.4. The molecule has 0 unspecified atom stereocenters. The van der Waals surface area contributed by atoms with Crippen molar-refractivity contribution in [2.75, 3.05) is 14.2 Å². The van der Waals surface area contributed by atoms with E-state index in [1.165, 1.54) is 18.3 Å². The number of rotatable bonds is 6. The number of ether oxygens (including phenoxy) is 3. The Morgan fingerprint density at radius 1 is 1.35 bits per heavy atom. The van der Waals surface area contributed by atoms with Gasteiger partial charge in [0.15, 0.2) is 17.6 Å². The molecule has 1 aromatic carbocycles. The molecule has 7 heteroatoms. The fraction of sp³-hybridized carbons (Fsp3) is 0.312. The van der Waals surface area contributed by atoms with E-state index in [1.807, 2.05) is 18.2 Å². The smallest absolute Gasteiger partial charge is 0.313 e. The van der Waals surface area contributed by atoms with Crippen LogP contribution in [-0.4, -0.2) is 31.3 Å². The van der Waals surface area contributed by atoms with Gasteiger partial charge in [-0.2, -0.15) is 5.26 Å². The predicted octanol–water partition coefficient (Wildman–Crippen LogP) is 2.83. The van der Waals surface area contributed by atoms with Crippen LogP contribution < -0.4 is 9.47 Å². The average molecular weight is 332 g/mol. The molecule has 6 nitrogen and oxygen atoms in total. The van der Waals surface area contributed by atoms with Crippen LogP contribution >= 0.6 is 11.3 Å². The SMILES string of the molecule is COc1ccc(-c2nc(CC(=O)O[C@H](C)C#N)cs2)cc1OC. The summed E-state index contributed by atoms with van der Waals surface area (Å²) in [4.78, 5) is 16.1. The van der Waals surface area contributed by atoms with Gasteiger partial charge in [-0.15, -0.1) is 11.3 Å². The van der Waals surface area contributed by atoms with Crippen molar-refractivity contribution in [1.29, 1.82) is 5.26 Å². The molecule has 2 rings (SSSR count). The Labute approximate surface area is 138 Å². The molecule has 0 spiro atoms. The van der Waals surface area contributed by atoms with Gasteiger partial charge in [0.2, 0.25) is 0 Å². The second-order valence-corrected chi connectivity index (χ2v) is 5.51. The Morgan fingerprint density at radius 2 is 2.09 bits per heavy atom. The lowest BCUT2D eigenvalue weighted by molar-refractivity contribution is -0.145. The summed E-state index contributed by atoms with van der Waals surface area (Å²) >= 11 is 1.42. The average Bonchev–Trinajstić information content (AvgIpc) is 3.02. The maximum atomic E-state index is 11.7. The van der Waals surface area contributed by atoms with Crippen molar-refractivity contribution in [2.24, 2.45) is 0 Å². The first-order valence-corrected chi connectivity index (χ1v) is 7.71. The van der Waals surface area contributed by atoms with Gasteiger partial charge in [-0.25, -0.2) is 4.98 Å². The van der Waals surface area contributed by atoms with Crippen LogP contribution in [0.5, 0.6) is 11.5 Å². The summed E-state index contributed by atoms with van der Waals surface area (Å²) in [6.45, 7) is 1.52. The van der Waals surface area contributed by atoms with Gasteiger partial charge < -0.3 is 14.2 Å². The molecule has 0 amide bonds. The van der Waals surface area contributed by atoms with Crippen LogP contribution in [0, 0.1) is 11.3 Å². The highest BCUT2D eigenvalue weighted by atomic mass is 32.1. The van der Waals surface area contributed by atoms with Crippen LogP contribution in [0.15, 0.2) is 23.6 Å². The van der Waals surface area contributed by atoms with Gasteiger partial charge in [0, 0.05) is 10.9 Å². The molecule has 1 aromatic heterocycles. The molecule has 0 radical (unpaired) electrons. The van der Waals surface area contributed by atoms with Crippen molar-refractivity contribution in [3.05, 3.63) is 29.3 Å². The molecule has 0 aliphatic carbocycles. The van der Waals surface area contributed by atoms with Gasteiger partial charge in [0.1, 0.15) is 11.1 Å². The minimum absolute atomic E-state index is 0.0375. The molecule has 0 saturated carbocycles. The maximum absolute atomic E-state index is 11.7. The van der Waals surface area contributed by atoms with E-state index in [-0.39, 0.29) is 6.42 Å². The minimum atomic E-state index is -0.758. The van der Waals surface area contributed by atoms with Gasteiger partial charge in [-0.05, 0) is 25.1 Å². The summed E-state index contributed by atoms with van der Waals surface area (Å²) in [6.07, 6.45) is -0.720. The number of nitrogens with zero attached hydrogens (tertiary/aromatic N) is 2. The van der Waals surface area contributed by atoms with Crippen molar-refractivity contribution < 1.29 is 19.0 Å². The summed E-state index contributed by atoms with van der Waals surface area (Å²) < 4.78 is 15.4. The lowest BCUT2D eigenvalue weighted by atomic mass is 10.2. The Kier molecular flexibility index (Phi) is 5.55. The second-order valence-electron chi connectivity index (χ2n) is 4.65. The van der Waals surface area contributed by atoms with Gasteiger partial charge >= 0.3 is 5.97 Å². The Bertz CT molecular complexity index is 736. The van der Waals surface area contributed by atoms with Crippen LogP contribution in [0.3, 0.4) is 0 Å². The van der Waals surface area contributed by atoms with Gasteiger partial charge in [-0.3, -0.25) is 4.79 Å². The maximum Gasteiger partial charge on any atom is 0.313 e. The summed E-state index contributed by atoms with van der Waals surface area (Å²) in [7, 11) is 3.15. The highest BCUT2D eigenvalue weighted by Gasteiger charge is 2.14. The van der Waals surface area contributed by atoms with E-state index < -0.39 is 12.1 Å². The van der Waals surface area contributed by atoms with E-state index in [9.17, 15) is 4.79 Å². The van der Waals surface area contributed by atoms with Crippen LogP contribution in [0.25, 0.3) is 10.6 Å². The third-order valence-electron chi connectivity index (χ3n) is 3.00. The van der Waals surface area contributed by atoms with Gasteiger partial charge in [-0.1, -0.05) is 0 Å². The predicted molar refractivity (Wildman–Crippen MR) is 85.5 cm³/mol. The molecule has 0 fully saturated rings. The fourth-order valence-electron chi connectivity index (χ4n) is 1.90. The van der Waals surface area contributed by atoms with Gasteiger partial charge in [0.05, 0.1) is 26.3 Å². The number of thiazole rings is 1. The zero-order valence-corrected chi connectivity index (χ0v) is 13.8. The number of hydrogen-bond acceptors (Lipinski definition) is 7. The van der Waals surface area contributed by atoms with Crippen molar-refractivity contribution in [3.63, 3.8) is 0 Å². The molecule has 0 aliphatic rings. The third kappa shape index (κ3) is 4.20. The number of carbonyl (C=O) groups excluding carboxylic acids is 1. The number of methoxy groups -OCH3 is 2. The second kappa shape index (κ2) is 7.61. The number of esters is 1. The quantitative estimate of drug-likeness (QED) is 0.757. The number of hydrogen-bond donors (Lipinski definition) is 0. The molecule has 1 heterocycles. The lowest BCUT2D eigenvalue weighted by Crippen LogP contribution is -2.15. The van der Waals surface area contributed by atoms with Crippen molar-refractivity contribution in [1.82, 2.24) is 4.98 Å². The molecule has 0 bridgehead atoms. The van der Waals surface area contributed by atoms with Crippen LogP contribution in [0.1, 0.15) is 12.6 Å². The van der Waals surface area contributed by atoms with Gasteiger partial charge in [0.25, 0.3) is 0 Å². The number of nitriles is 1. The summed E-state index contributed by atoms with van der Waals surface area (Å²) in [6, 6.07) is 7.36. The van der Waals surface area contributed by atoms with E-state index in [2.05, 4.69) is 4.98 Å². The van der Waals surface area contributed by atoms with Crippen LogP contribution in [0.2, 0.25) is 0 Å². The first kappa shape index (κ1) is 16.8. The topological polar surface area (TPSA) is 81.4 Å². The van der Waals surface area contributed by atoms with E-state index in [1.54, 1.807) is 25.7 Å². The largest absolute Gasteiger partial charge is 0.493 e. The highest BCUT2D eigenvalue weighted by molar-refractivity contribution is 7.13. The molecular weight excluding hydrogens is 316 g/mol. The van der Waals surface area contributed by atoms with E-state index >= 15 is 0 Å². The van der Waals surface area contributed by atoms with Crippen molar-refractivity contribution >= 4 is 17.3 Å². The zero-order chi connectivity index (χ0) is 16.8. The fourth-order valence-corrected chi connectivity index (χ4v) is 2.72. The number of carbonyl (C=O) groups is 1. The number of benzene rings is 1. The number of aromatic nitrogens is 1. The summed E-state index contributed by atoms with van der Waals surface area (Å²) in [5.41, 5.74) is 1.48. The summed E-state index contributed by atoms with van der Waals surface area (Å²) in [5, 5.41) is 11.2. The van der Waals surface area contributed by atoms with Crippen molar-refractivity contribution in [2.45, 2.75) is 19.4 Å². The highest BCUT2D eigenvalue weighted by Crippen LogP contribution is 2.33. The lowest BCUT2D eigenvalue weighted by Gasteiger charge is -2.08. The molecule has 0 aliphatic heterocycles. The molecule has 1 atom stereocenters. The molecule has 23 heavy (non-hydrogen) atoms. The van der Waals surface area contributed by atoms with E-state index in [4.69, 9.17) is 19.5 Å². The Morgan fingerprint density at radius 3 is 2.74 bits per heavy atom. The monoisotopic (exact) mass is 332 g/mol. The zero-order valence-electron chi connectivity index (χ0n) is 13.0. The minimum Gasteiger partial charge on any atom is -0.493 e. The standard InChI is InChI=1S/C16H16N2O4S/c1-10(8-17)22-15(19)7-12-9-23-16(18-12)11-4-5-13(20-2)14(6-11)21-3/h4-6,9-10H,7H2,1-3H3/t10-/m1/s1. The molecular formula is C16H16N2O4S. The van der Waals surface area contributed by atoms with Crippen molar-refractivity contribution in [3.8, 4) is 28.1 Å². The molecule has 0 saturated heterocycles. The molecule has 0 N–H and O–H groups in total. The van der Waals surface area contributed by atoms with Crippen LogP contribution in [0.4, 0.5) is 0 Å². The third-order valence-corrected chi connectivity index (χ3v) is 3.94. The first-order chi connectivity index (χ1) is 11.1. The first-order valence-electron chi connectivity index (χ1n) is 6.83. The summed E-state index contributed by atoms with van der Waals surface area (Å²) in [5.74, 6) is 0.786. The Hall–Kier alpha value is -2.59.